The Labute approximate surface area is 187 Å². The van der Waals surface area contributed by atoms with Gasteiger partial charge in [0.1, 0.15) is 0 Å². The molecule has 0 unspecified atom stereocenters. The molecule has 0 spiro atoms. The highest BCUT2D eigenvalue weighted by atomic mass is 79.9. The minimum atomic E-state index is -3.80. The Morgan fingerprint density at radius 1 is 0.897 bits per heavy atom. The summed E-state index contributed by atoms with van der Waals surface area (Å²) in [6.07, 6.45) is 0. The Balaban J connectivity index is 1.84. The Hall–Kier alpha value is -2.06. The number of aryl methyl sites for hydroxylation is 1. The van der Waals surface area contributed by atoms with Crippen molar-refractivity contribution in [2.24, 2.45) is 0 Å². The van der Waals surface area contributed by atoms with E-state index in [0.29, 0.717) is 15.2 Å². The summed E-state index contributed by atoms with van der Waals surface area (Å²) >= 11 is 15.5. The molecule has 0 fully saturated rings. The second kappa shape index (κ2) is 8.75. The van der Waals surface area contributed by atoms with Gasteiger partial charge < -0.3 is 5.32 Å². The highest BCUT2D eigenvalue weighted by Crippen LogP contribution is 2.27. The first kappa shape index (κ1) is 21.6. The molecule has 150 valence electrons. The van der Waals surface area contributed by atoms with Gasteiger partial charge in [-0.15, -0.1) is 0 Å². The van der Waals surface area contributed by atoms with Crippen LogP contribution in [0.4, 0.5) is 11.4 Å². The summed E-state index contributed by atoms with van der Waals surface area (Å²) in [6.45, 7) is 1.87. The van der Waals surface area contributed by atoms with Crippen molar-refractivity contribution < 1.29 is 13.2 Å². The van der Waals surface area contributed by atoms with Crippen LogP contribution >= 0.6 is 39.1 Å². The van der Waals surface area contributed by atoms with Crippen molar-refractivity contribution in [2.75, 3.05) is 10.0 Å². The van der Waals surface area contributed by atoms with Gasteiger partial charge in [-0.1, -0.05) is 40.9 Å². The number of nitrogens with one attached hydrogen (secondary N) is 2. The third kappa shape index (κ3) is 5.30. The second-order valence-corrected chi connectivity index (χ2v) is 9.55. The third-order valence-electron chi connectivity index (χ3n) is 3.97. The molecule has 3 rings (SSSR count). The van der Waals surface area contributed by atoms with Gasteiger partial charge in [-0.2, -0.15) is 0 Å². The molecule has 0 heterocycles. The molecule has 0 bridgehead atoms. The van der Waals surface area contributed by atoms with Gasteiger partial charge >= 0.3 is 0 Å². The monoisotopic (exact) mass is 512 g/mol. The van der Waals surface area contributed by atoms with Gasteiger partial charge in [-0.3, -0.25) is 9.52 Å². The minimum absolute atomic E-state index is 0.119. The molecule has 0 aromatic heterocycles. The minimum Gasteiger partial charge on any atom is -0.322 e. The number of rotatable bonds is 5. The molecule has 0 atom stereocenters. The zero-order chi connectivity index (χ0) is 21.2. The largest absolute Gasteiger partial charge is 0.322 e. The fourth-order valence-electron chi connectivity index (χ4n) is 2.47. The Bertz CT molecular complexity index is 1180. The number of amides is 1. The number of anilines is 2. The van der Waals surface area contributed by atoms with E-state index in [2.05, 4.69) is 26.0 Å². The average Bonchev–Trinajstić information content (AvgIpc) is 2.66. The summed E-state index contributed by atoms with van der Waals surface area (Å²) in [5, 5.41) is 3.31. The maximum Gasteiger partial charge on any atom is 0.261 e. The lowest BCUT2D eigenvalue weighted by Crippen LogP contribution is -2.15. The molecule has 0 aliphatic carbocycles. The van der Waals surface area contributed by atoms with Crippen molar-refractivity contribution in [1.29, 1.82) is 0 Å². The van der Waals surface area contributed by atoms with Crippen LogP contribution in [0.2, 0.25) is 10.0 Å². The number of carbonyl (C=O) groups excluding carboxylic acids is 1. The number of sulfonamides is 1. The van der Waals surface area contributed by atoms with E-state index in [4.69, 9.17) is 23.2 Å². The molecule has 0 saturated carbocycles. The molecule has 0 aliphatic rings. The zero-order valence-electron chi connectivity index (χ0n) is 15.0. The predicted octanol–water partition coefficient (Wildman–Crippen LogP) is 6.12. The number of carbonyl (C=O) groups is 1. The third-order valence-corrected chi connectivity index (χ3v) is 6.93. The normalized spacial score (nSPS) is 11.2. The fourth-order valence-corrected chi connectivity index (χ4v) is 4.15. The van der Waals surface area contributed by atoms with Crippen molar-refractivity contribution in [1.82, 2.24) is 0 Å². The highest BCUT2D eigenvalue weighted by Gasteiger charge is 2.17. The second-order valence-electron chi connectivity index (χ2n) is 6.20. The molecule has 0 saturated heterocycles. The highest BCUT2D eigenvalue weighted by molar-refractivity contribution is 9.10. The SMILES string of the molecule is Cc1ccc(S(=O)(=O)Nc2ccc(Cl)c(C(=O)Nc3ccc(Br)c(Cl)c3)c2)cc1. The van der Waals surface area contributed by atoms with Crippen LogP contribution in [0.5, 0.6) is 0 Å². The maximum absolute atomic E-state index is 12.6. The molecule has 9 heteroatoms. The van der Waals surface area contributed by atoms with Crippen molar-refractivity contribution in [2.45, 2.75) is 11.8 Å². The van der Waals surface area contributed by atoms with Gasteiger partial charge in [0.05, 0.1) is 20.5 Å². The van der Waals surface area contributed by atoms with Gasteiger partial charge in [0.2, 0.25) is 0 Å². The topological polar surface area (TPSA) is 75.3 Å². The van der Waals surface area contributed by atoms with Crippen LogP contribution in [0, 0.1) is 6.92 Å². The molecule has 5 nitrogen and oxygen atoms in total. The molecule has 0 aliphatic heterocycles. The lowest BCUT2D eigenvalue weighted by Gasteiger charge is -2.12. The van der Waals surface area contributed by atoms with Crippen molar-refractivity contribution in [3.63, 3.8) is 0 Å². The Morgan fingerprint density at radius 3 is 2.21 bits per heavy atom. The molecule has 29 heavy (non-hydrogen) atoms. The van der Waals surface area contributed by atoms with Crippen LogP contribution in [-0.2, 0) is 10.0 Å². The molecule has 2 N–H and O–H groups in total. The Morgan fingerprint density at radius 2 is 1.55 bits per heavy atom. The van der Waals surface area contributed by atoms with Crippen molar-refractivity contribution >= 4 is 66.4 Å². The lowest BCUT2D eigenvalue weighted by atomic mass is 10.2. The van der Waals surface area contributed by atoms with E-state index in [1.54, 1.807) is 30.3 Å². The van der Waals surface area contributed by atoms with Crippen molar-refractivity contribution in [3.8, 4) is 0 Å². The fraction of sp³-hybridized carbons (Fsp3) is 0.0500. The zero-order valence-corrected chi connectivity index (χ0v) is 19.0. The molecule has 3 aromatic rings. The summed E-state index contributed by atoms with van der Waals surface area (Å²) in [6, 6.07) is 15.7. The summed E-state index contributed by atoms with van der Waals surface area (Å²) in [5.74, 6) is -0.496. The van der Waals surface area contributed by atoms with E-state index in [-0.39, 0.29) is 21.2 Å². The van der Waals surface area contributed by atoms with E-state index >= 15 is 0 Å². The van der Waals surface area contributed by atoms with E-state index in [0.717, 1.165) is 5.56 Å². The molecular formula is C20H15BrCl2N2O3S. The van der Waals surface area contributed by atoms with Crippen LogP contribution in [0.25, 0.3) is 0 Å². The first-order chi connectivity index (χ1) is 13.7. The van der Waals surface area contributed by atoms with Gasteiger partial charge in [0.15, 0.2) is 0 Å². The summed E-state index contributed by atoms with van der Waals surface area (Å²) in [7, 11) is -3.80. The van der Waals surface area contributed by atoms with Gasteiger partial charge in [0, 0.05) is 15.8 Å². The Kier molecular flexibility index (Phi) is 6.53. The molecule has 1 amide bonds. The van der Waals surface area contributed by atoms with Crippen LogP contribution in [0.1, 0.15) is 15.9 Å². The maximum atomic E-state index is 12.6. The smallest absolute Gasteiger partial charge is 0.261 e. The first-order valence-electron chi connectivity index (χ1n) is 8.31. The van der Waals surface area contributed by atoms with E-state index < -0.39 is 15.9 Å². The van der Waals surface area contributed by atoms with E-state index in [1.165, 1.54) is 30.3 Å². The standard InChI is InChI=1S/C20H15BrCl2N2O3S/c1-12-2-6-15(7-3-12)29(27,28)25-14-5-9-18(22)16(10-14)20(26)24-13-4-8-17(21)19(23)11-13/h2-11,25H,1H3,(H,24,26). The first-order valence-corrected chi connectivity index (χ1v) is 11.3. The molecular weight excluding hydrogens is 499 g/mol. The van der Waals surface area contributed by atoms with Crippen LogP contribution < -0.4 is 10.0 Å². The summed E-state index contributed by atoms with van der Waals surface area (Å²) < 4.78 is 28.3. The number of hydrogen-bond acceptors (Lipinski definition) is 3. The van der Waals surface area contributed by atoms with E-state index in [1.807, 2.05) is 6.92 Å². The summed E-state index contributed by atoms with van der Waals surface area (Å²) in [4.78, 5) is 12.7. The predicted molar refractivity (Wildman–Crippen MR) is 121 cm³/mol. The number of hydrogen-bond donors (Lipinski definition) is 2. The van der Waals surface area contributed by atoms with Crippen LogP contribution in [0.15, 0.2) is 70.0 Å². The quantitative estimate of drug-likeness (QED) is 0.431. The number of benzene rings is 3. The molecule has 3 aromatic carbocycles. The lowest BCUT2D eigenvalue weighted by molar-refractivity contribution is 0.102. The van der Waals surface area contributed by atoms with Crippen LogP contribution in [0.3, 0.4) is 0 Å². The summed E-state index contributed by atoms with van der Waals surface area (Å²) in [5.41, 5.74) is 1.76. The van der Waals surface area contributed by atoms with Gasteiger partial charge in [-0.25, -0.2) is 8.42 Å². The van der Waals surface area contributed by atoms with Gasteiger partial charge in [-0.05, 0) is 71.4 Å². The number of halogens is 3. The molecule has 0 radical (unpaired) electrons. The van der Waals surface area contributed by atoms with Crippen LogP contribution in [-0.4, -0.2) is 14.3 Å². The van der Waals surface area contributed by atoms with Gasteiger partial charge in [0.25, 0.3) is 15.9 Å². The van der Waals surface area contributed by atoms with Crippen molar-refractivity contribution in [3.05, 3.63) is 86.3 Å². The average molecular weight is 514 g/mol. The van der Waals surface area contributed by atoms with E-state index in [9.17, 15) is 13.2 Å².